The molecule has 0 aromatic heterocycles. The van der Waals surface area contributed by atoms with Crippen molar-refractivity contribution in [1.82, 2.24) is 0 Å². The minimum atomic E-state index is -1.78. The highest BCUT2D eigenvalue weighted by molar-refractivity contribution is 5.89. The van der Waals surface area contributed by atoms with E-state index in [4.69, 9.17) is 23.7 Å². The van der Waals surface area contributed by atoms with E-state index >= 15 is 0 Å². The van der Waals surface area contributed by atoms with Gasteiger partial charge in [-0.1, -0.05) is 25.1 Å². The Bertz CT molecular complexity index is 1410. The first-order valence-electron chi connectivity index (χ1n) is 15.1. The Kier molecular flexibility index (Phi) is 8.21. The number of esters is 4. The van der Waals surface area contributed by atoms with Crippen LogP contribution in [0.2, 0.25) is 0 Å². The Morgan fingerprint density at radius 1 is 0.933 bits per heavy atom. The molecule has 1 aliphatic heterocycles. The lowest BCUT2D eigenvalue weighted by Crippen LogP contribution is -2.71. The summed E-state index contributed by atoms with van der Waals surface area (Å²) in [6.07, 6.45) is -7.93. The van der Waals surface area contributed by atoms with Gasteiger partial charge in [0.2, 0.25) is 0 Å². The number of carbonyl (C=O) groups excluding carboxylic acids is 4. The van der Waals surface area contributed by atoms with Crippen LogP contribution in [0.5, 0.6) is 0 Å². The topological polar surface area (TPSA) is 175 Å². The Morgan fingerprint density at radius 2 is 1.51 bits per heavy atom. The van der Waals surface area contributed by atoms with Crippen molar-refractivity contribution in [3.8, 4) is 0 Å². The summed E-state index contributed by atoms with van der Waals surface area (Å²) in [7, 11) is 0. The van der Waals surface area contributed by atoms with Gasteiger partial charge in [-0.05, 0) is 50.5 Å². The molecule has 2 unspecified atom stereocenters. The molecule has 1 heterocycles. The molecule has 0 radical (unpaired) electrons. The second-order valence-electron chi connectivity index (χ2n) is 13.5. The third-order valence-corrected chi connectivity index (χ3v) is 10.5. The van der Waals surface area contributed by atoms with Gasteiger partial charge in [0.25, 0.3) is 0 Å². The zero-order valence-corrected chi connectivity index (χ0v) is 26.6. The fourth-order valence-corrected chi connectivity index (χ4v) is 8.79. The van der Waals surface area contributed by atoms with Crippen LogP contribution in [0.3, 0.4) is 0 Å². The van der Waals surface area contributed by atoms with Gasteiger partial charge in [-0.25, -0.2) is 4.79 Å². The van der Waals surface area contributed by atoms with Crippen molar-refractivity contribution in [1.29, 1.82) is 0 Å². The number of carbonyl (C=O) groups is 4. The quantitative estimate of drug-likeness (QED) is 0.237. The van der Waals surface area contributed by atoms with E-state index in [9.17, 15) is 34.5 Å². The lowest BCUT2D eigenvalue weighted by atomic mass is 9.52. The molecular formula is C33H42O12. The van der Waals surface area contributed by atoms with Gasteiger partial charge in [0.1, 0.15) is 24.4 Å². The monoisotopic (exact) mass is 630 g/mol. The summed E-state index contributed by atoms with van der Waals surface area (Å²) in [6, 6.07) is 8.18. The number of hydrogen-bond donors (Lipinski definition) is 3. The maximum atomic E-state index is 13.8. The number of hydrogen-bond acceptors (Lipinski definition) is 12. The molecule has 4 aliphatic rings. The Labute approximate surface area is 261 Å². The van der Waals surface area contributed by atoms with E-state index in [-0.39, 0.29) is 30.6 Å². The van der Waals surface area contributed by atoms with Crippen LogP contribution in [-0.2, 0) is 38.1 Å². The average Bonchev–Trinajstić information content (AvgIpc) is 3.44. The van der Waals surface area contributed by atoms with Gasteiger partial charge in [0.05, 0.1) is 40.8 Å². The van der Waals surface area contributed by atoms with Crippen LogP contribution in [0.1, 0.15) is 71.7 Å². The first-order valence-corrected chi connectivity index (χ1v) is 15.1. The average molecular weight is 631 g/mol. The molecule has 12 heteroatoms. The Hall–Kier alpha value is -3.32. The van der Waals surface area contributed by atoms with Crippen molar-refractivity contribution in [3.63, 3.8) is 0 Å². The number of aliphatic hydroxyl groups excluding tert-OH is 2. The lowest BCUT2D eigenvalue weighted by Gasteiger charge is -2.57. The zero-order chi connectivity index (χ0) is 33.3. The largest absolute Gasteiger partial charge is 0.462 e. The van der Waals surface area contributed by atoms with Gasteiger partial charge in [-0.3, -0.25) is 14.4 Å². The maximum absolute atomic E-state index is 13.8. The minimum Gasteiger partial charge on any atom is -0.462 e. The highest BCUT2D eigenvalue weighted by Gasteiger charge is 2.80. The lowest BCUT2D eigenvalue weighted by molar-refractivity contribution is -0.252. The smallest absolute Gasteiger partial charge is 0.338 e. The minimum absolute atomic E-state index is 0.0854. The number of benzene rings is 1. The fourth-order valence-electron chi connectivity index (χ4n) is 8.79. The second-order valence-corrected chi connectivity index (χ2v) is 13.5. The molecule has 0 bridgehead atoms. The van der Waals surface area contributed by atoms with Crippen molar-refractivity contribution in [2.45, 2.75) is 109 Å². The molecule has 12 nitrogen and oxygen atoms in total. The maximum Gasteiger partial charge on any atom is 0.338 e. The van der Waals surface area contributed by atoms with Gasteiger partial charge < -0.3 is 39.0 Å². The molecule has 45 heavy (non-hydrogen) atoms. The first-order chi connectivity index (χ1) is 20.9. The van der Waals surface area contributed by atoms with Crippen molar-refractivity contribution in [2.75, 3.05) is 6.61 Å². The Morgan fingerprint density at radius 3 is 2.07 bits per heavy atom. The molecule has 1 aromatic carbocycles. The van der Waals surface area contributed by atoms with E-state index in [0.29, 0.717) is 5.57 Å². The standard InChI is InChI=1S/C33H42O12/c1-16-21(37)14-32(30(5,6)40)24(16)25(38)27(44-19(4)36)31(7)22(42-17(2)34)13-23(43-18(3)35)33(15-41-28(32)26(31)33)45-29(39)20-11-9-8-10-12-20/h8-12,21-23,25-28,37-38,40H,13-15H2,1-7H3/t21-,22-,23-,25+,26?,27-,28?,31+,32-,33-/m0/s1. The van der Waals surface area contributed by atoms with Crippen LogP contribution in [0, 0.1) is 16.7 Å². The summed E-state index contributed by atoms with van der Waals surface area (Å²) in [4.78, 5) is 51.7. The third kappa shape index (κ3) is 4.88. The van der Waals surface area contributed by atoms with Crippen LogP contribution in [0.4, 0.5) is 0 Å². The summed E-state index contributed by atoms with van der Waals surface area (Å²) in [6.45, 7) is 9.60. The second kappa shape index (κ2) is 11.2. The summed E-state index contributed by atoms with van der Waals surface area (Å²) in [5.74, 6) is -4.01. The number of aliphatic hydroxyl groups is 3. The summed E-state index contributed by atoms with van der Waals surface area (Å²) in [5.41, 5.74) is -5.72. The molecule has 246 valence electrons. The van der Waals surface area contributed by atoms with Gasteiger partial charge >= 0.3 is 23.9 Å². The summed E-state index contributed by atoms with van der Waals surface area (Å²) < 4.78 is 30.6. The van der Waals surface area contributed by atoms with Crippen molar-refractivity contribution < 1.29 is 58.2 Å². The van der Waals surface area contributed by atoms with E-state index in [1.54, 1.807) is 44.2 Å². The molecule has 2 saturated carbocycles. The number of fused-ring (bicyclic) bond motifs is 2. The molecule has 5 rings (SSSR count). The molecule has 1 aromatic rings. The molecule has 0 spiro atoms. The Balaban J connectivity index is 1.86. The van der Waals surface area contributed by atoms with Gasteiger partial charge in [0.15, 0.2) is 5.60 Å². The SMILES string of the molecule is CC(=O)O[C@H]1C[C@H](OC(C)=O)[C@@]2(OC(=O)c3ccccc3)COC3C2[C@]1(C)[C@@H](OC(C)=O)[C@H](O)C1=C(C)[C@@H](O)C[C@]13C(C)(C)O. The first kappa shape index (κ1) is 33.1. The van der Waals surface area contributed by atoms with Crippen LogP contribution in [0.15, 0.2) is 41.5 Å². The van der Waals surface area contributed by atoms with Crippen LogP contribution in [-0.4, -0.2) is 93.6 Å². The van der Waals surface area contributed by atoms with Gasteiger partial charge in [0, 0.05) is 33.1 Å². The predicted molar refractivity (Wildman–Crippen MR) is 155 cm³/mol. The molecule has 3 N–H and O–H groups in total. The van der Waals surface area contributed by atoms with Gasteiger partial charge in [-0.15, -0.1) is 0 Å². The van der Waals surface area contributed by atoms with Crippen LogP contribution in [0.25, 0.3) is 0 Å². The van der Waals surface area contributed by atoms with E-state index < -0.39 is 88.5 Å². The van der Waals surface area contributed by atoms with Crippen molar-refractivity contribution >= 4 is 23.9 Å². The van der Waals surface area contributed by atoms with Crippen molar-refractivity contribution in [3.05, 3.63) is 47.0 Å². The normalized spacial score (nSPS) is 38.8. The van der Waals surface area contributed by atoms with E-state index in [1.165, 1.54) is 34.6 Å². The van der Waals surface area contributed by atoms with Crippen LogP contribution < -0.4 is 0 Å². The highest BCUT2D eigenvalue weighted by atomic mass is 16.6. The van der Waals surface area contributed by atoms with E-state index in [0.717, 1.165) is 0 Å². The highest BCUT2D eigenvalue weighted by Crippen LogP contribution is 2.69. The van der Waals surface area contributed by atoms with E-state index in [2.05, 4.69) is 0 Å². The molecule has 3 fully saturated rings. The fraction of sp³-hybridized carbons (Fsp3) is 0.636. The van der Waals surface area contributed by atoms with Gasteiger partial charge in [-0.2, -0.15) is 0 Å². The molecular weight excluding hydrogens is 588 g/mol. The van der Waals surface area contributed by atoms with Crippen LogP contribution >= 0.6 is 0 Å². The molecule has 1 saturated heterocycles. The zero-order valence-electron chi connectivity index (χ0n) is 26.6. The number of ether oxygens (including phenoxy) is 5. The predicted octanol–water partition coefficient (Wildman–Crippen LogP) is 2.02. The molecule has 3 aliphatic carbocycles. The number of rotatable bonds is 6. The van der Waals surface area contributed by atoms with E-state index in [1.807, 2.05) is 0 Å². The molecule has 0 amide bonds. The summed E-state index contributed by atoms with van der Waals surface area (Å²) >= 11 is 0. The third-order valence-electron chi connectivity index (χ3n) is 10.5. The molecule has 10 atom stereocenters. The van der Waals surface area contributed by atoms with Crippen molar-refractivity contribution in [2.24, 2.45) is 16.7 Å². The summed E-state index contributed by atoms with van der Waals surface area (Å²) in [5, 5.41) is 35.5.